The number of carbonyl (C=O) groups is 4. The van der Waals surface area contributed by atoms with Crippen LogP contribution in [0.25, 0.3) is 0 Å². The Morgan fingerprint density at radius 2 is 0.542 bits per heavy atom. The summed E-state index contributed by atoms with van der Waals surface area (Å²) < 4.78 is 68.3. The van der Waals surface area contributed by atoms with Gasteiger partial charge >= 0.3 is 39.5 Å². The molecule has 3 N–H and O–H groups in total. The first-order valence-electron chi connectivity index (χ1n) is 37.5. The first kappa shape index (κ1) is 92.0. The fourth-order valence-corrected chi connectivity index (χ4v) is 11.5. The molecule has 96 heavy (non-hydrogen) atoms. The molecule has 0 radical (unpaired) electrons. The molecular formula is C77H134O17P2. The lowest BCUT2D eigenvalue weighted by Gasteiger charge is -2.21. The van der Waals surface area contributed by atoms with Crippen molar-refractivity contribution in [2.45, 2.75) is 329 Å². The first-order valence-corrected chi connectivity index (χ1v) is 40.5. The van der Waals surface area contributed by atoms with E-state index in [4.69, 9.17) is 37.0 Å². The van der Waals surface area contributed by atoms with Gasteiger partial charge in [-0.15, -0.1) is 0 Å². The molecule has 0 spiro atoms. The second-order valence-electron chi connectivity index (χ2n) is 24.8. The molecule has 0 aromatic rings. The number of carbonyl (C=O) groups excluding carboxylic acids is 4. The van der Waals surface area contributed by atoms with Crippen LogP contribution in [0.4, 0.5) is 0 Å². The molecule has 0 heterocycles. The summed E-state index contributed by atoms with van der Waals surface area (Å²) in [5, 5.41) is 10.6. The zero-order valence-corrected chi connectivity index (χ0v) is 62.1. The number of esters is 4. The molecule has 0 aliphatic heterocycles. The number of allylic oxidation sites excluding steroid dienone is 16. The van der Waals surface area contributed by atoms with Gasteiger partial charge in [0.05, 0.1) is 26.4 Å². The number of aliphatic hydroxyl groups is 1. The number of ether oxygens (including phenoxy) is 4. The van der Waals surface area contributed by atoms with Crippen molar-refractivity contribution in [3.05, 3.63) is 97.2 Å². The molecule has 0 aromatic carbocycles. The van der Waals surface area contributed by atoms with Gasteiger partial charge in [0.1, 0.15) is 19.3 Å². The Labute approximate surface area is 582 Å². The number of hydrogen-bond acceptors (Lipinski definition) is 15. The zero-order valence-electron chi connectivity index (χ0n) is 60.3. The van der Waals surface area contributed by atoms with E-state index in [9.17, 15) is 43.2 Å². The second-order valence-corrected chi connectivity index (χ2v) is 27.7. The highest BCUT2D eigenvalue weighted by molar-refractivity contribution is 7.47. The van der Waals surface area contributed by atoms with Crippen molar-refractivity contribution in [2.24, 2.45) is 0 Å². The molecule has 0 bridgehead atoms. The van der Waals surface area contributed by atoms with Gasteiger partial charge in [-0.3, -0.25) is 37.3 Å². The summed E-state index contributed by atoms with van der Waals surface area (Å²) in [6.45, 7) is 4.57. The molecule has 0 aromatic heterocycles. The molecule has 0 amide bonds. The van der Waals surface area contributed by atoms with Crippen LogP contribution in [-0.2, 0) is 65.4 Å². The van der Waals surface area contributed by atoms with Crippen molar-refractivity contribution in [3.8, 4) is 0 Å². The van der Waals surface area contributed by atoms with Gasteiger partial charge in [-0.25, -0.2) is 9.13 Å². The molecule has 0 aliphatic rings. The third kappa shape index (κ3) is 68.5. The minimum absolute atomic E-state index is 0.0881. The summed E-state index contributed by atoms with van der Waals surface area (Å²) in [6.07, 6.45) is 71.2. The second kappa shape index (κ2) is 69.5. The van der Waals surface area contributed by atoms with Gasteiger partial charge in [0.2, 0.25) is 0 Å². The Bertz CT molecular complexity index is 2050. The van der Waals surface area contributed by atoms with Crippen molar-refractivity contribution < 1.29 is 80.2 Å². The summed E-state index contributed by atoms with van der Waals surface area (Å²) in [5.74, 6) is -2.25. The minimum atomic E-state index is -4.98. The quantitative estimate of drug-likeness (QED) is 0.0169. The molecule has 0 rings (SSSR count). The number of hydrogen-bond donors (Lipinski definition) is 3. The lowest BCUT2D eigenvalue weighted by atomic mass is 10.0. The third-order valence-electron chi connectivity index (χ3n) is 15.6. The molecule has 17 nitrogen and oxygen atoms in total. The highest BCUT2D eigenvalue weighted by Gasteiger charge is 2.30. The highest BCUT2D eigenvalue weighted by Crippen LogP contribution is 2.45. The lowest BCUT2D eigenvalue weighted by molar-refractivity contribution is -0.161. The van der Waals surface area contributed by atoms with Crippen LogP contribution in [-0.4, -0.2) is 96.7 Å². The normalized spacial score (nSPS) is 14.5. The maximum Gasteiger partial charge on any atom is 0.472 e. The Kier molecular flexibility index (Phi) is 66.6. The van der Waals surface area contributed by atoms with Crippen molar-refractivity contribution in [1.29, 1.82) is 0 Å². The first-order chi connectivity index (χ1) is 46.7. The summed E-state index contributed by atoms with van der Waals surface area (Å²) >= 11 is 0. The largest absolute Gasteiger partial charge is 0.472 e. The van der Waals surface area contributed by atoms with Gasteiger partial charge in [0.15, 0.2) is 12.2 Å². The highest BCUT2D eigenvalue weighted by atomic mass is 31.2. The Balaban J connectivity index is 5.39. The minimum Gasteiger partial charge on any atom is -0.462 e. The molecule has 554 valence electrons. The van der Waals surface area contributed by atoms with Crippen molar-refractivity contribution in [1.82, 2.24) is 0 Å². The van der Waals surface area contributed by atoms with Crippen LogP contribution in [0.1, 0.15) is 310 Å². The predicted molar refractivity (Wildman–Crippen MR) is 390 cm³/mol. The van der Waals surface area contributed by atoms with Gasteiger partial charge in [0.25, 0.3) is 0 Å². The van der Waals surface area contributed by atoms with E-state index in [1.165, 1.54) is 103 Å². The maximum absolute atomic E-state index is 13.1. The van der Waals surface area contributed by atoms with E-state index in [2.05, 4.69) is 125 Å². The predicted octanol–water partition coefficient (Wildman–Crippen LogP) is 21.2. The molecule has 19 heteroatoms. The number of unbranched alkanes of at least 4 members (excludes halogenated alkanes) is 28. The summed E-state index contributed by atoms with van der Waals surface area (Å²) in [7, 11) is -9.96. The van der Waals surface area contributed by atoms with Crippen molar-refractivity contribution >= 4 is 39.5 Å². The smallest absolute Gasteiger partial charge is 0.462 e. The van der Waals surface area contributed by atoms with Crippen LogP contribution in [0.3, 0.4) is 0 Å². The molecular weight excluding hydrogens is 1260 g/mol. The van der Waals surface area contributed by atoms with Crippen molar-refractivity contribution in [2.75, 3.05) is 39.6 Å². The average molecular weight is 1390 g/mol. The van der Waals surface area contributed by atoms with Crippen LogP contribution in [0.5, 0.6) is 0 Å². The number of phosphoric ester groups is 2. The topological polar surface area (TPSA) is 237 Å². The maximum atomic E-state index is 13.1. The monoisotopic (exact) mass is 1390 g/mol. The third-order valence-corrected chi connectivity index (χ3v) is 17.5. The number of phosphoric acid groups is 2. The fraction of sp³-hybridized carbons (Fsp3) is 0.740. The van der Waals surface area contributed by atoms with Crippen LogP contribution in [0.2, 0.25) is 0 Å². The Morgan fingerprint density at radius 1 is 0.302 bits per heavy atom. The van der Waals surface area contributed by atoms with Gasteiger partial charge in [0, 0.05) is 25.7 Å². The summed E-state index contributed by atoms with van der Waals surface area (Å²) in [6, 6.07) is 0. The standard InChI is InChI=1S/C77H134O17P2/c1-5-9-13-17-21-25-29-33-35-39-41-45-49-53-57-61-74(79)87-67-72(93-76(81)63-59-55-51-47-43-37-31-27-23-19-15-11-7-3)69-91-95(83,84)89-65-71(78)66-90-96(85,86)92-70-73(94-77(82)64-60-56-52-48-44-38-32-28-24-20-16-12-8-4)68-88-75(80)62-58-54-50-46-42-40-36-34-30-26-22-18-14-10-6-2/h9-10,13-14,21-22,25-26,33-36,41-42,45-46,71-73,78H,5-8,11-12,15-20,23-24,27-32,37-40,43-44,47-70H2,1-4H3,(H,83,84)(H,85,86)/b13-9-,14-10-,25-21-,26-22-,35-33-,36-34-,45-41-,46-42-. The van der Waals surface area contributed by atoms with Gasteiger partial charge in [-0.2, -0.15) is 0 Å². The van der Waals surface area contributed by atoms with Gasteiger partial charge in [-0.1, -0.05) is 279 Å². The Morgan fingerprint density at radius 3 is 0.833 bits per heavy atom. The Hall–Kier alpha value is -4.02. The van der Waals surface area contributed by atoms with E-state index in [0.29, 0.717) is 25.7 Å². The number of rotatable bonds is 70. The number of aliphatic hydroxyl groups excluding tert-OH is 1. The summed E-state index contributed by atoms with van der Waals surface area (Å²) in [5.41, 5.74) is 0. The molecule has 0 saturated carbocycles. The van der Waals surface area contributed by atoms with E-state index in [1.54, 1.807) is 0 Å². The molecule has 0 fully saturated rings. The van der Waals surface area contributed by atoms with E-state index in [-0.39, 0.29) is 25.7 Å². The van der Waals surface area contributed by atoms with E-state index >= 15 is 0 Å². The molecule has 0 aliphatic carbocycles. The summed E-state index contributed by atoms with van der Waals surface area (Å²) in [4.78, 5) is 72.7. The van der Waals surface area contributed by atoms with Crippen molar-refractivity contribution in [3.63, 3.8) is 0 Å². The SMILES string of the molecule is CC/C=C\C/C=C\C/C=C\C/C=C\CCCCC(=O)OCC(COP(=O)(O)OCC(O)COP(=O)(O)OCC(COC(=O)CCCC/C=C\C/C=C\C/C=C\C/C=C\CC)OC(=O)CCCCCCCCCCCCCCC)OC(=O)CCCCCCCCCCCCCCC. The van der Waals surface area contributed by atoms with E-state index < -0.39 is 97.5 Å². The van der Waals surface area contributed by atoms with Gasteiger partial charge in [-0.05, 0) is 103 Å². The van der Waals surface area contributed by atoms with Gasteiger partial charge < -0.3 is 33.8 Å². The molecule has 0 saturated heterocycles. The zero-order chi connectivity index (χ0) is 70.4. The molecule has 4 atom stereocenters. The lowest BCUT2D eigenvalue weighted by Crippen LogP contribution is -2.30. The van der Waals surface area contributed by atoms with Crippen LogP contribution in [0, 0.1) is 0 Å². The van der Waals surface area contributed by atoms with E-state index in [0.717, 1.165) is 128 Å². The fourth-order valence-electron chi connectivity index (χ4n) is 9.91. The average Bonchev–Trinajstić information content (AvgIpc) is 1.14. The van der Waals surface area contributed by atoms with E-state index in [1.807, 2.05) is 0 Å². The van der Waals surface area contributed by atoms with Crippen LogP contribution < -0.4 is 0 Å². The van der Waals surface area contributed by atoms with Crippen LogP contribution in [0.15, 0.2) is 97.2 Å². The molecule has 4 unspecified atom stereocenters. The van der Waals surface area contributed by atoms with Crippen LogP contribution >= 0.6 is 15.6 Å².